The summed E-state index contributed by atoms with van der Waals surface area (Å²) in [6.45, 7) is 0. The third-order valence-electron chi connectivity index (χ3n) is 3.06. The highest BCUT2D eigenvalue weighted by molar-refractivity contribution is 5.77. The summed E-state index contributed by atoms with van der Waals surface area (Å²) < 4.78 is 5.34. The highest BCUT2D eigenvalue weighted by Crippen LogP contribution is 2.18. The molecule has 0 spiro atoms. The fraction of sp³-hybridized carbons (Fsp3) is 0.125. The van der Waals surface area contributed by atoms with Crippen LogP contribution in [0.3, 0.4) is 0 Å². The zero-order valence-corrected chi connectivity index (χ0v) is 9.60. The number of benzene rings is 2. The van der Waals surface area contributed by atoms with Crippen LogP contribution in [-0.2, 0) is 12.8 Å². The first kappa shape index (κ1) is 10.2. The third kappa shape index (κ3) is 2.23. The third-order valence-corrected chi connectivity index (χ3v) is 3.06. The van der Waals surface area contributed by atoms with Crippen molar-refractivity contribution in [3.63, 3.8) is 0 Å². The van der Waals surface area contributed by atoms with Crippen molar-refractivity contribution >= 4 is 11.0 Å². The molecule has 3 aromatic rings. The monoisotopic (exact) mass is 222 g/mol. The SMILES string of the molecule is c1ccc(CCc2ccc3occc3c2)cc1. The summed E-state index contributed by atoms with van der Waals surface area (Å²) in [4.78, 5) is 0. The highest BCUT2D eigenvalue weighted by atomic mass is 16.3. The van der Waals surface area contributed by atoms with Gasteiger partial charge in [-0.05, 0) is 42.2 Å². The first-order valence-electron chi connectivity index (χ1n) is 5.92. The predicted octanol–water partition coefficient (Wildman–Crippen LogP) is 4.22. The molecular weight excluding hydrogens is 208 g/mol. The second-order valence-electron chi connectivity index (χ2n) is 4.28. The molecule has 1 nitrogen and oxygen atoms in total. The van der Waals surface area contributed by atoms with Gasteiger partial charge in [0.2, 0.25) is 0 Å². The van der Waals surface area contributed by atoms with E-state index in [1.807, 2.05) is 6.07 Å². The Bertz CT molecular complexity index is 608. The summed E-state index contributed by atoms with van der Waals surface area (Å²) in [5, 5.41) is 1.19. The molecule has 3 rings (SSSR count). The van der Waals surface area contributed by atoms with Gasteiger partial charge in [0, 0.05) is 5.39 Å². The van der Waals surface area contributed by atoms with Gasteiger partial charge in [0.1, 0.15) is 5.58 Å². The number of fused-ring (bicyclic) bond motifs is 1. The van der Waals surface area contributed by atoms with Crippen molar-refractivity contribution in [2.24, 2.45) is 0 Å². The van der Waals surface area contributed by atoms with Gasteiger partial charge < -0.3 is 4.42 Å². The minimum absolute atomic E-state index is 0.966. The van der Waals surface area contributed by atoms with E-state index in [4.69, 9.17) is 4.42 Å². The molecule has 0 saturated carbocycles. The lowest BCUT2D eigenvalue weighted by Gasteiger charge is -2.02. The van der Waals surface area contributed by atoms with Gasteiger partial charge in [-0.2, -0.15) is 0 Å². The van der Waals surface area contributed by atoms with Crippen LogP contribution in [0.4, 0.5) is 0 Å². The van der Waals surface area contributed by atoms with E-state index in [0.29, 0.717) is 0 Å². The average molecular weight is 222 g/mol. The maximum atomic E-state index is 5.34. The van der Waals surface area contributed by atoms with Crippen LogP contribution >= 0.6 is 0 Å². The molecule has 0 radical (unpaired) electrons. The largest absolute Gasteiger partial charge is 0.464 e. The molecule has 0 N–H and O–H groups in total. The van der Waals surface area contributed by atoms with E-state index in [2.05, 4.69) is 48.5 Å². The van der Waals surface area contributed by atoms with Crippen LogP contribution in [0.25, 0.3) is 11.0 Å². The summed E-state index contributed by atoms with van der Waals surface area (Å²) in [5.41, 5.74) is 3.72. The van der Waals surface area contributed by atoms with Crippen LogP contribution in [-0.4, -0.2) is 0 Å². The first-order chi connectivity index (χ1) is 8.42. The molecule has 1 heteroatoms. The lowest BCUT2D eigenvalue weighted by molar-refractivity contribution is 0.616. The summed E-state index contributed by atoms with van der Waals surface area (Å²) >= 11 is 0. The van der Waals surface area contributed by atoms with Crippen LogP contribution < -0.4 is 0 Å². The molecule has 0 aliphatic heterocycles. The molecule has 0 atom stereocenters. The van der Waals surface area contributed by atoms with Crippen LogP contribution in [0.15, 0.2) is 65.3 Å². The van der Waals surface area contributed by atoms with Gasteiger partial charge in [0.25, 0.3) is 0 Å². The Morgan fingerprint density at radius 1 is 0.765 bits per heavy atom. The topological polar surface area (TPSA) is 13.1 Å². The number of hydrogen-bond donors (Lipinski definition) is 0. The molecule has 1 aromatic heterocycles. The van der Waals surface area contributed by atoms with Crippen molar-refractivity contribution in [3.8, 4) is 0 Å². The van der Waals surface area contributed by atoms with E-state index in [1.54, 1.807) is 6.26 Å². The van der Waals surface area contributed by atoms with Crippen LogP contribution in [0.1, 0.15) is 11.1 Å². The normalized spacial score (nSPS) is 10.8. The van der Waals surface area contributed by atoms with E-state index in [-0.39, 0.29) is 0 Å². The van der Waals surface area contributed by atoms with Crippen molar-refractivity contribution in [1.29, 1.82) is 0 Å². The lowest BCUT2D eigenvalue weighted by atomic mass is 10.0. The number of furan rings is 1. The van der Waals surface area contributed by atoms with Gasteiger partial charge in [-0.15, -0.1) is 0 Å². The number of rotatable bonds is 3. The highest BCUT2D eigenvalue weighted by Gasteiger charge is 1.99. The molecule has 2 aromatic carbocycles. The molecule has 1 heterocycles. The lowest BCUT2D eigenvalue weighted by Crippen LogP contribution is -1.90. The minimum atomic E-state index is 0.966. The van der Waals surface area contributed by atoms with Crippen LogP contribution in [0.2, 0.25) is 0 Å². The van der Waals surface area contributed by atoms with Gasteiger partial charge >= 0.3 is 0 Å². The summed E-state index contributed by atoms with van der Waals surface area (Å²) in [5.74, 6) is 0. The van der Waals surface area contributed by atoms with Crippen molar-refractivity contribution in [2.45, 2.75) is 12.8 Å². The number of hydrogen-bond acceptors (Lipinski definition) is 1. The predicted molar refractivity (Wildman–Crippen MR) is 70.1 cm³/mol. The molecule has 17 heavy (non-hydrogen) atoms. The van der Waals surface area contributed by atoms with Gasteiger partial charge in [-0.1, -0.05) is 36.4 Å². The molecule has 0 fully saturated rings. The maximum Gasteiger partial charge on any atom is 0.133 e. The Kier molecular flexibility index (Phi) is 2.66. The maximum absolute atomic E-state index is 5.34. The standard InChI is InChI=1S/C16H14O/c1-2-4-13(5-3-1)6-7-14-8-9-16-15(12-14)10-11-17-16/h1-5,8-12H,6-7H2. The Labute approximate surface area is 101 Å². The summed E-state index contributed by atoms with van der Waals surface area (Å²) in [7, 11) is 0. The van der Waals surface area contributed by atoms with E-state index >= 15 is 0 Å². The molecule has 84 valence electrons. The van der Waals surface area contributed by atoms with Gasteiger partial charge in [-0.3, -0.25) is 0 Å². The molecular formula is C16H14O. The second kappa shape index (κ2) is 4.46. The van der Waals surface area contributed by atoms with Crippen LogP contribution in [0, 0.1) is 0 Å². The fourth-order valence-electron chi connectivity index (χ4n) is 2.10. The average Bonchev–Trinajstić information content (AvgIpc) is 2.85. The molecule has 0 bridgehead atoms. The van der Waals surface area contributed by atoms with Crippen molar-refractivity contribution < 1.29 is 4.42 Å². The first-order valence-corrected chi connectivity index (χ1v) is 5.92. The molecule has 0 amide bonds. The van der Waals surface area contributed by atoms with Crippen LogP contribution in [0.5, 0.6) is 0 Å². The zero-order chi connectivity index (χ0) is 11.5. The van der Waals surface area contributed by atoms with Gasteiger partial charge in [0.15, 0.2) is 0 Å². The minimum Gasteiger partial charge on any atom is -0.464 e. The summed E-state index contributed by atoms with van der Waals surface area (Å²) in [6, 6.07) is 19.0. The Hall–Kier alpha value is -2.02. The Balaban J connectivity index is 1.76. The smallest absolute Gasteiger partial charge is 0.133 e. The van der Waals surface area contributed by atoms with Crippen molar-refractivity contribution in [1.82, 2.24) is 0 Å². The zero-order valence-electron chi connectivity index (χ0n) is 9.60. The van der Waals surface area contributed by atoms with E-state index in [1.165, 1.54) is 16.5 Å². The van der Waals surface area contributed by atoms with Gasteiger partial charge in [-0.25, -0.2) is 0 Å². The fourth-order valence-corrected chi connectivity index (χ4v) is 2.10. The van der Waals surface area contributed by atoms with E-state index < -0.39 is 0 Å². The quantitative estimate of drug-likeness (QED) is 0.646. The molecule has 0 unspecified atom stereocenters. The Morgan fingerprint density at radius 2 is 1.59 bits per heavy atom. The number of aryl methyl sites for hydroxylation is 2. The van der Waals surface area contributed by atoms with E-state index in [9.17, 15) is 0 Å². The van der Waals surface area contributed by atoms with Crippen molar-refractivity contribution in [3.05, 3.63) is 72.0 Å². The molecule has 0 saturated heterocycles. The van der Waals surface area contributed by atoms with E-state index in [0.717, 1.165) is 18.4 Å². The second-order valence-corrected chi connectivity index (χ2v) is 4.28. The van der Waals surface area contributed by atoms with Gasteiger partial charge in [0.05, 0.1) is 6.26 Å². The molecule has 0 aliphatic rings. The van der Waals surface area contributed by atoms with Crippen molar-refractivity contribution in [2.75, 3.05) is 0 Å². The molecule has 0 aliphatic carbocycles. The Morgan fingerprint density at radius 3 is 2.47 bits per heavy atom. The summed E-state index contributed by atoms with van der Waals surface area (Å²) in [6.07, 6.45) is 3.90.